The predicted octanol–water partition coefficient (Wildman–Crippen LogP) is 0.600. The van der Waals surface area contributed by atoms with Crippen molar-refractivity contribution in [3.63, 3.8) is 0 Å². The fraction of sp³-hybridized carbons (Fsp3) is 0.600. The molecule has 5 heteroatoms. The molecule has 0 saturated carbocycles. The van der Waals surface area contributed by atoms with Gasteiger partial charge in [0.1, 0.15) is 0 Å². The largest absolute Gasteiger partial charge is 0.370 e. The molecule has 1 unspecified atom stereocenters. The van der Waals surface area contributed by atoms with Crippen molar-refractivity contribution >= 4 is 5.91 Å². The van der Waals surface area contributed by atoms with Crippen molar-refractivity contribution in [2.24, 2.45) is 5.73 Å². The quantitative estimate of drug-likeness (QED) is 0.747. The van der Waals surface area contributed by atoms with Crippen molar-refractivity contribution in [3.05, 3.63) is 18.0 Å². The number of hydrogen-bond acceptors (Lipinski definition) is 3. The molecule has 1 aromatic heterocycles. The second-order valence-electron chi connectivity index (χ2n) is 3.86. The van der Waals surface area contributed by atoms with E-state index in [1.54, 1.807) is 13.2 Å². The van der Waals surface area contributed by atoms with Crippen LogP contribution in [0.3, 0.4) is 0 Å². The van der Waals surface area contributed by atoms with Gasteiger partial charge in [-0.2, -0.15) is 5.10 Å². The Morgan fingerprint density at radius 3 is 2.73 bits per heavy atom. The lowest BCUT2D eigenvalue weighted by molar-refractivity contribution is -0.118. The van der Waals surface area contributed by atoms with Crippen LogP contribution in [0.1, 0.15) is 37.9 Å². The van der Waals surface area contributed by atoms with Crippen LogP contribution in [0.5, 0.6) is 0 Å². The average molecular weight is 210 g/mol. The number of amides is 1. The highest BCUT2D eigenvalue weighted by atomic mass is 16.1. The molecule has 0 radical (unpaired) electrons. The highest BCUT2D eigenvalue weighted by molar-refractivity contribution is 5.74. The number of rotatable bonds is 5. The fourth-order valence-electron chi connectivity index (χ4n) is 1.40. The average Bonchev–Trinajstić information content (AvgIpc) is 2.62. The zero-order valence-corrected chi connectivity index (χ0v) is 9.40. The van der Waals surface area contributed by atoms with E-state index in [2.05, 4.69) is 24.3 Å². The molecule has 0 aromatic carbocycles. The van der Waals surface area contributed by atoms with E-state index < -0.39 is 0 Å². The van der Waals surface area contributed by atoms with E-state index in [0.717, 1.165) is 5.56 Å². The third kappa shape index (κ3) is 3.06. The molecule has 1 amide bonds. The topological polar surface area (TPSA) is 72.9 Å². The highest BCUT2D eigenvalue weighted by Gasteiger charge is 2.14. The van der Waals surface area contributed by atoms with Gasteiger partial charge in [-0.15, -0.1) is 0 Å². The predicted molar refractivity (Wildman–Crippen MR) is 58.2 cm³/mol. The van der Waals surface area contributed by atoms with Crippen molar-refractivity contribution in [1.29, 1.82) is 0 Å². The van der Waals surface area contributed by atoms with E-state index in [0.29, 0.717) is 12.5 Å². The SMILES string of the molecule is CNC(CC(N)=O)c1cnn(C(C)C)c1. The Kier molecular flexibility index (Phi) is 3.85. The third-order valence-corrected chi connectivity index (χ3v) is 2.31. The molecule has 3 N–H and O–H groups in total. The minimum absolute atomic E-state index is 0.0463. The van der Waals surface area contributed by atoms with E-state index in [-0.39, 0.29) is 11.9 Å². The summed E-state index contributed by atoms with van der Waals surface area (Å²) in [6, 6.07) is 0.278. The lowest BCUT2D eigenvalue weighted by atomic mass is 10.1. The number of nitrogens with zero attached hydrogens (tertiary/aromatic N) is 2. The molecule has 1 heterocycles. The van der Waals surface area contributed by atoms with E-state index in [1.165, 1.54) is 0 Å². The molecule has 0 aliphatic carbocycles. The van der Waals surface area contributed by atoms with Gasteiger partial charge >= 0.3 is 0 Å². The summed E-state index contributed by atoms with van der Waals surface area (Å²) in [7, 11) is 1.81. The molecule has 0 saturated heterocycles. The van der Waals surface area contributed by atoms with Gasteiger partial charge < -0.3 is 11.1 Å². The fourth-order valence-corrected chi connectivity index (χ4v) is 1.40. The van der Waals surface area contributed by atoms with Crippen LogP contribution in [0.2, 0.25) is 0 Å². The van der Waals surface area contributed by atoms with Crippen LogP contribution in [0.15, 0.2) is 12.4 Å². The number of primary amides is 1. The van der Waals surface area contributed by atoms with Crippen LogP contribution < -0.4 is 11.1 Å². The first-order valence-electron chi connectivity index (χ1n) is 5.04. The number of carbonyl (C=O) groups excluding carboxylic acids is 1. The standard InChI is InChI=1S/C10H18N4O/c1-7(2)14-6-8(5-13-14)9(12-3)4-10(11)15/h5-7,9,12H,4H2,1-3H3,(H2,11,15). The smallest absolute Gasteiger partial charge is 0.219 e. The molecular weight excluding hydrogens is 192 g/mol. The van der Waals surface area contributed by atoms with E-state index in [9.17, 15) is 4.79 Å². The van der Waals surface area contributed by atoms with E-state index in [4.69, 9.17) is 5.73 Å². The summed E-state index contributed by atoms with van der Waals surface area (Å²) in [4.78, 5) is 10.8. The first-order chi connectivity index (χ1) is 7.04. The van der Waals surface area contributed by atoms with Crippen LogP contribution in [0.25, 0.3) is 0 Å². The Balaban J connectivity index is 2.78. The van der Waals surface area contributed by atoms with Gasteiger partial charge in [0.15, 0.2) is 0 Å². The maximum absolute atomic E-state index is 10.8. The Morgan fingerprint density at radius 2 is 2.33 bits per heavy atom. The summed E-state index contributed by atoms with van der Waals surface area (Å²) < 4.78 is 1.86. The van der Waals surface area contributed by atoms with Crippen LogP contribution in [-0.2, 0) is 4.79 Å². The summed E-state index contributed by atoms with van der Waals surface area (Å²) in [6.45, 7) is 4.11. The molecule has 0 bridgehead atoms. The van der Waals surface area contributed by atoms with Gasteiger partial charge in [0.05, 0.1) is 6.20 Å². The summed E-state index contributed by atoms with van der Waals surface area (Å²) >= 11 is 0. The van der Waals surface area contributed by atoms with Gasteiger partial charge in [-0.25, -0.2) is 0 Å². The molecule has 15 heavy (non-hydrogen) atoms. The van der Waals surface area contributed by atoms with Crippen molar-refractivity contribution < 1.29 is 4.79 Å². The zero-order chi connectivity index (χ0) is 11.4. The molecule has 84 valence electrons. The molecule has 0 aliphatic rings. The zero-order valence-electron chi connectivity index (χ0n) is 9.40. The Morgan fingerprint density at radius 1 is 1.67 bits per heavy atom. The van der Waals surface area contributed by atoms with Gasteiger partial charge in [-0.05, 0) is 20.9 Å². The summed E-state index contributed by atoms with van der Waals surface area (Å²) in [6.07, 6.45) is 4.00. The number of aromatic nitrogens is 2. The highest BCUT2D eigenvalue weighted by Crippen LogP contribution is 2.16. The summed E-state index contributed by atoms with van der Waals surface area (Å²) in [5.74, 6) is -0.313. The minimum atomic E-state index is -0.313. The van der Waals surface area contributed by atoms with Crippen LogP contribution >= 0.6 is 0 Å². The number of nitrogens with one attached hydrogen (secondary N) is 1. The molecule has 5 nitrogen and oxygen atoms in total. The molecular formula is C10H18N4O. The number of nitrogens with two attached hydrogens (primary N) is 1. The number of hydrogen-bond donors (Lipinski definition) is 2. The lowest BCUT2D eigenvalue weighted by Crippen LogP contribution is -2.23. The van der Waals surface area contributed by atoms with Crippen molar-refractivity contribution in [1.82, 2.24) is 15.1 Å². The van der Waals surface area contributed by atoms with Crippen molar-refractivity contribution in [2.75, 3.05) is 7.05 Å². The van der Waals surface area contributed by atoms with Crippen LogP contribution in [-0.4, -0.2) is 22.7 Å². The van der Waals surface area contributed by atoms with E-state index in [1.807, 2.05) is 10.9 Å². The molecule has 0 fully saturated rings. The van der Waals surface area contributed by atoms with Gasteiger partial charge in [0.2, 0.25) is 5.91 Å². The Hall–Kier alpha value is -1.36. The van der Waals surface area contributed by atoms with Crippen molar-refractivity contribution in [2.45, 2.75) is 32.4 Å². The van der Waals surface area contributed by atoms with E-state index >= 15 is 0 Å². The normalized spacial score (nSPS) is 13.1. The Bertz CT molecular complexity index is 332. The first kappa shape index (κ1) is 11.7. The lowest BCUT2D eigenvalue weighted by Gasteiger charge is -2.11. The second-order valence-corrected chi connectivity index (χ2v) is 3.86. The summed E-state index contributed by atoms with van der Waals surface area (Å²) in [5, 5.41) is 7.26. The van der Waals surface area contributed by atoms with Crippen LogP contribution in [0.4, 0.5) is 0 Å². The second kappa shape index (κ2) is 4.93. The maximum Gasteiger partial charge on any atom is 0.219 e. The van der Waals surface area contributed by atoms with Gasteiger partial charge in [-0.1, -0.05) is 0 Å². The minimum Gasteiger partial charge on any atom is -0.370 e. The first-order valence-corrected chi connectivity index (χ1v) is 5.04. The Labute approximate surface area is 89.6 Å². The maximum atomic E-state index is 10.8. The summed E-state index contributed by atoms with van der Waals surface area (Å²) in [5.41, 5.74) is 6.16. The number of carbonyl (C=O) groups is 1. The molecule has 1 rings (SSSR count). The molecule has 0 aliphatic heterocycles. The monoisotopic (exact) mass is 210 g/mol. The molecule has 1 aromatic rings. The third-order valence-electron chi connectivity index (χ3n) is 2.31. The van der Waals surface area contributed by atoms with Crippen molar-refractivity contribution in [3.8, 4) is 0 Å². The van der Waals surface area contributed by atoms with Gasteiger partial charge in [-0.3, -0.25) is 9.48 Å². The van der Waals surface area contributed by atoms with Gasteiger partial charge in [0.25, 0.3) is 0 Å². The van der Waals surface area contributed by atoms with Gasteiger partial charge in [0, 0.05) is 30.3 Å². The van der Waals surface area contributed by atoms with Crippen LogP contribution in [0, 0.1) is 0 Å². The molecule has 0 spiro atoms. The molecule has 1 atom stereocenters.